The Morgan fingerprint density at radius 2 is 1.87 bits per heavy atom. The van der Waals surface area contributed by atoms with E-state index in [-0.39, 0.29) is 17.1 Å². The Bertz CT molecular complexity index is 1590. The van der Waals surface area contributed by atoms with Crippen molar-refractivity contribution in [1.29, 1.82) is 0 Å². The topological polar surface area (TPSA) is 92.0 Å². The Balaban J connectivity index is 1.68. The molecule has 13 heteroatoms. The molecule has 0 amide bonds. The Morgan fingerprint density at radius 1 is 1.08 bits per heavy atom. The van der Waals surface area contributed by atoms with Gasteiger partial charge in [-0.15, -0.1) is 0 Å². The third-order valence-electron chi connectivity index (χ3n) is 6.37. The summed E-state index contributed by atoms with van der Waals surface area (Å²) in [4.78, 5) is 29.5. The van der Waals surface area contributed by atoms with Gasteiger partial charge in [-0.3, -0.25) is 9.36 Å². The summed E-state index contributed by atoms with van der Waals surface area (Å²) >= 11 is 0. The molecular weight excluding hydrogens is 513 g/mol. The minimum absolute atomic E-state index is 0.115. The molecule has 3 aromatic heterocycles. The first-order valence-electron chi connectivity index (χ1n) is 11.5. The maximum Gasteiger partial charge on any atom is 0.449 e. The van der Waals surface area contributed by atoms with Crippen LogP contribution >= 0.6 is 0 Å². The van der Waals surface area contributed by atoms with Gasteiger partial charge in [0.1, 0.15) is 28.7 Å². The number of pyridine rings is 1. The standard InChI is InChI=1S/C25H20F5N5O3/c1-35-23(36)21-20(34-24(35)25(28,29)30)19(15-4-3-14(26)11-16(15)27)32-22(33-21)13-6-8-38-17(9-13)12-5-7-31-18(10-12)37-2/h3-5,7,10-11,13,17H,6,8-9H2,1-2H3. The number of alkyl halides is 3. The fourth-order valence-corrected chi connectivity index (χ4v) is 4.47. The van der Waals surface area contributed by atoms with Crippen LogP contribution in [0.3, 0.4) is 0 Å². The lowest BCUT2D eigenvalue weighted by atomic mass is 9.91. The zero-order valence-electron chi connectivity index (χ0n) is 20.1. The molecule has 0 bridgehead atoms. The number of benzene rings is 1. The second kappa shape index (κ2) is 9.71. The summed E-state index contributed by atoms with van der Waals surface area (Å²) in [5.41, 5.74) is -1.87. The van der Waals surface area contributed by atoms with E-state index in [2.05, 4.69) is 19.9 Å². The fraction of sp³-hybridized carbons (Fsp3) is 0.320. The molecule has 0 saturated carbocycles. The third kappa shape index (κ3) is 4.69. The van der Waals surface area contributed by atoms with Crippen LogP contribution in [-0.2, 0) is 18.0 Å². The van der Waals surface area contributed by atoms with E-state index in [4.69, 9.17) is 9.47 Å². The molecule has 38 heavy (non-hydrogen) atoms. The molecule has 0 radical (unpaired) electrons. The van der Waals surface area contributed by atoms with E-state index in [1.807, 2.05) is 0 Å². The van der Waals surface area contributed by atoms with E-state index < -0.39 is 52.2 Å². The molecule has 0 spiro atoms. The van der Waals surface area contributed by atoms with E-state index in [1.165, 1.54) is 7.11 Å². The van der Waals surface area contributed by atoms with Gasteiger partial charge in [-0.25, -0.2) is 28.7 Å². The van der Waals surface area contributed by atoms with Crippen molar-refractivity contribution in [3.63, 3.8) is 0 Å². The minimum Gasteiger partial charge on any atom is -0.481 e. The first-order valence-corrected chi connectivity index (χ1v) is 11.5. The van der Waals surface area contributed by atoms with Crippen LogP contribution in [-0.4, -0.2) is 38.2 Å². The van der Waals surface area contributed by atoms with Crippen molar-refractivity contribution < 1.29 is 31.4 Å². The second-order valence-electron chi connectivity index (χ2n) is 8.76. The molecule has 2 atom stereocenters. The predicted octanol–water partition coefficient (Wildman–Crippen LogP) is 4.73. The Hall–Kier alpha value is -4.00. The quantitative estimate of drug-likeness (QED) is 0.351. The van der Waals surface area contributed by atoms with Gasteiger partial charge in [0.25, 0.3) is 5.56 Å². The molecule has 4 heterocycles. The normalized spacial score (nSPS) is 18.1. The van der Waals surface area contributed by atoms with Crippen molar-refractivity contribution in [2.24, 2.45) is 7.05 Å². The van der Waals surface area contributed by atoms with E-state index >= 15 is 0 Å². The first kappa shape index (κ1) is 25.6. The highest BCUT2D eigenvalue weighted by molar-refractivity contribution is 5.88. The van der Waals surface area contributed by atoms with Crippen LogP contribution in [0.2, 0.25) is 0 Å². The molecule has 1 fully saturated rings. The number of nitrogens with zero attached hydrogens (tertiary/aromatic N) is 5. The molecule has 0 N–H and O–H groups in total. The summed E-state index contributed by atoms with van der Waals surface area (Å²) in [6.45, 7) is 0.297. The van der Waals surface area contributed by atoms with Gasteiger partial charge < -0.3 is 9.47 Å². The first-order chi connectivity index (χ1) is 18.1. The molecule has 1 aliphatic rings. The summed E-state index contributed by atoms with van der Waals surface area (Å²) < 4.78 is 80.8. The van der Waals surface area contributed by atoms with E-state index in [1.54, 1.807) is 18.3 Å². The van der Waals surface area contributed by atoms with Gasteiger partial charge in [0.2, 0.25) is 11.7 Å². The summed E-state index contributed by atoms with van der Waals surface area (Å²) in [6, 6.07) is 6.04. The van der Waals surface area contributed by atoms with Crippen molar-refractivity contribution >= 4 is 11.0 Å². The molecule has 0 aliphatic carbocycles. The van der Waals surface area contributed by atoms with Crippen LogP contribution in [0, 0.1) is 11.6 Å². The van der Waals surface area contributed by atoms with Crippen LogP contribution in [0.25, 0.3) is 22.3 Å². The molecule has 4 aromatic rings. The van der Waals surface area contributed by atoms with Gasteiger partial charge in [-0.1, -0.05) is 0 Å². The molecule has 1 aliphatic heterocycles. The van der Waals surface area contributed by atoms with Crippen LogP contribution in [0.15, 0.2) is 41.3 Å². The van der Waals surface area contributed by atoms with Crippen molar-refractivity contribution in [2.45, 2.75) is 31.0 Å². The number of rotatable bonds is 4. The lowest BCUT2D eigenvalue weighted by Gasteiger charge is -2.29. The molecule has 198 valence electrons. The number of halogens is 5. The van der Waals surface area contributed by atoms with Crippen molar-refractivity contribution in [2.75, 3.05) is 13.7 Å². The molecule has 1 aromatic carbocycles. The predicted molar refractivity (Wildman–Crippen MR) is 124 cm³/mol. The highest BCUT2D eigenvalue weighted by Gasteiger charge is 2.38. The number of aromatic nitrogens is 5. The van der Waals surface area contributed by atoms with Crippen LogP contribution < -0.4 is 10.3 Å². The van der Waals surface area contributed by atoms with Crippen LogP contribution in [0.1, 0.15) is 42.1 Å². The third-order valence-corrected chi connectivity index (χ3v) is 6.37. The van der Waals surface area contributed by atoms with Gasteiger partial charge >= 0.3 is 6.18 Å². The Kier molecular flexibility index (Phi) is 6.55. The average molecular weight is 533 g/mol. The van der Waals surface area contributed by atoms with Crippen molar-refractivity contribution in [3.8, 4) is 17.1 Å². The Morgan fingerprint density at radius 3 is 2.58 bits per heavy atom. The SMILES string of the molecule is COc1cc(C2CC(c3nc(-c4ccc(F)cc4F)c4nc(C(F)(F)F)n(C)c(=O)c4n3)CCO2)ccn1. The van der Waals surface area contributed by atoms with Crippen LogP contribution in [0.5, 0.6) is 5.88 Å². The summed E-state index contributed by atoms with van der Waals surface area (Å²) in [5, 5.41) is 0. The second-order valence-corrected chi connectivity index (χ2v) is 8.76. The molecule has 1 saturated heterocycles. The summed E-state index contributed by atoms with van der Waals surface area (Å²) in [6.07, 6.45) is -3.03. The maximum atomic E-state index is 14.8. The molecule has 2 unspecified atom stereocenters. The zero-order valence-corrected chi connectivity index (χ0v) is 20.1. The minimum atomic E-state index is -4.97. The number of methoxy groups -OCH3 is 1. The average Bonchev–Trinajstić information content (AvgIpc) is 2.90. The number of ether oxygens (including phenoxy) is 2. The molecule has 8 nitrogen and oxygen atoms in total. The smallest absolute Gasteiger partial charge is 0.449 e. The van der Waals surface area contributed by atoms with Gasteiger partial charge in [-0.05, 0) is 36.6 Å². The van der Waals surface area contributed by atoms with Crippen molar-refractivity contribution in [3.05, 3.63) is 75.7 Å². The summed E-state index contributed by atoms with van der Waals surface area (Å²) in [7, 11) is 2.41. The Labute approximate surface area is 212 Å². The monoisotopic (exact) mass is 533 g/mol. The van der Waals surface area contributed by atoms with Gasteiger partial charge in [-0.2, -0.15) is 13.2 Å². The lowest BCUT2D eigenvalue weighted by molar-refractivity contribution is -0.147. The largest absolute Gasteiger partial charge is 0.481 e. The van der Waals surface area contributed by atoms with Gasteiger partial charge in [0, 0.05) is 43.5 Å². The number of hydrogen-bond donors (Lipinski definition) is 0. The number of fused-ring (bicyclic) bond motifs is 1. The zero-order chi connectivity index (χ0) is 27.2. The molecular formula is C25H20F5N5O3. The lowest BCUT2D eigenvalue weighted by Crippen LogP contribution is -2.29. The van der Waals surface area contributed by atoms with Gasteiger partial charge in [0.15, 0.2) is 5.52 Å². The fourth-order valence-electron chi connectivity index (χ4n) is 4.47. The van der Waals surface area contributed by atoms with E-state index in [9.17, 15) is 26.7 Å². The van der Waals surface area contributed by atoms with Crippen molar-refractivity contribution in [1.82, 2.24) is 24.5 Å². The summed E-state index contributed by atoms with van der Waals surface area (Å²) in [5.74, 6) is -3.34. The number of hydrogen-bond acceptors (Lipinski definition) is 7. The van der Waals surface area contributed by atoms with Gasteiger partial charge in [0.05, 0.1) is 13.2 Å². The highest BCUT2D eigenvalue weighted by atomic mass is 19.4. The van der Waals surface area contributed by atoms with E-state index in [0.717, 1.165) is 24.7 Å². The van der Waals surface area contributed by atoms with Crippen LogP contribution in [0.4, 0.5) is 22.0 Å². The highest BCUT2D eigenvalue weighted by Crippen LogP contribution is 2.39. The molecule has 5 rings (SSSR count). The maximum absolute atomic E-state index is 14.8. The van der Waals surface area contributed by atoms with E-state index in [0.29, 0.717) is 36.0 Å².